The van der Waals surface area contributed by atoms with Gasteiger partial charge in [0.2, 0.25) is 5.76 Å². The quantitative estimate of drug-likeness (QED) is 0.910. The van der Waals surface area contributed by atoms with Crippen LogP contribution in [0.15, 0.2) is 39.2 Å². The molecule has 2 aromatic rings. The lowest BCUT2D eigenvalue weighted by molar-refractivity contribution is 0.0663. The number of rotatable bonds is 2. The number of carboxylic acids is 1. The molecule has 1 N–H and O–H groups in total. The molecule has 0 atom stereocenters. The van der Waals surface area contributed by atoms with Crippen LogP contribution in [0.1, 0.15) is 10.6 Å². The van der Waals surface area contributed by atoms with E-state index in [1.165, 1.54) is 6.07 Å². The van der Waals surface area contributed by atoms with Gasteiger partial charge < -0.3 is 9.52 Å². The Morgan fingerprint density at radius 2 is 2.12 bits per heavy atom. The molecule has 0 bridgehead atoms. The molecule has 0 radical (unpaired) electrons. The second kappa shape index (κ2) is 4.31. The lowest BCUT2D eigenvalue weighted by atomic mass is 10.2. The van der Waals surface area contributed by atoms with E-state index in [0.717, 1.165) is 5.56 Å². The van der Waals surface area contributed by atoms with Crippen LogP contribution in [0, 0.1) is 0 Å². The third kappa shape index (κ3) is 2.13. The highest BCUT2D eigenvalue weighted by atomic mass is 79.9. The van der Waals surface area contributed by atoms with Crippen LogP contribution in [0.25, 0.3) is 11.3 Å². The maximum Gasteiger partial charge on any atom is 0.371 e. The van der Waals surface area contributed by atoms with Gasteiger partial charge in [-0.25, -0.2) is 4.79 Å². The fraction of sp³-hybridized carbons (Fsp3) is 0. The zero-order chi connectivity index (χ0) is 11.7. The van der Waals surface area contributed by atoms with E-state index in [4.69, 9.17) is 21.1 Å². The highest BCUT2D eigenvalue weighted by Crippen LogP contribution is 2.32. The number of hydrogen-bond acceptors (Lipinski definition) is 2. The Bertz CT molecular complexity index is 548. The molecule has 0 unspecified atom stereocenters. The van der Waals surface area contributed by atoms with Crippen LogP contribution in [0.4, 0.5) is 0 Å². The molecule has 0 aliphatic rings. The van der Waals surface area contributed by atoms with E-state index in [9.17, 15) is 4.79 Å². The molecule has 1 aromatic heterocycles. The topological polar surface area (TPSA) is 50.4 Å². The van der Waals surface area contributed by atoms with E-state index in [-0.39, 0.29) is 5.76 Å². The molecule has 1 heterocycles. The molecule has 0 aliphatic heterocycles. The number of furan rings is 1. The number of benzene rings is 1. The molecular weight excluding hydrogens is 295 g/mol. The molecule has 0 amide bonds. The van der Waals surface area contributed by atoms with Crippen molar-refractivity contribution >= 4 is 33.5 Å². The fourth-order valence-electron chi connectivity index (χ4n) is 1.30. The molecule has 82 valence electrons. The third-order valence-electron chi connectivity index (χ3n) is 1.98. The molecule has 0 spiro atoms. The summed E-state index contributed by atoms with van der Waals surface area (Å²) in [5, 5.41) is 9.35. The van der Waals surface area contributed by atoms with E-state index < -0.39 is 5.97 Å². The van der Waals surface area contributed by atoms with E-state index in [1.54, 1.807) is 24.3 Å². The standard InChI is InChI=1S/C11H6BrClO3/c12-8-5-9(11(14)15)16-10(8)6-2-1-3-7(13)4-6/h1-5H,(H,14,15). The summed E-state index contributed by atoms with van der Waals surface area (Å²) >= 11 is 9.09. The van der Waals surface area contributed by atoms with Gasteiger partial charge in [-0.05, 0) is 28.1 Å². The Labute approximate surface area is 105 Å². The number of carbonyl (C=O) groups is 1. The molecular formula is C11H6BrClO3. The van der Waals surface area contributed by atoms with Crippen LogP contribution in [0.3, 0.4) is 0 Å². The first kappa shape index (κ1) is 11.2. The van der Waals surface area contributed by atoms with Gasteiger partial charge in [-0.2, -0.15) is 0 Å². The maximum absolute atomic E-state index is 10.7. The van der Waals surface area contributed by atoms with Gasteiger partial charge in [-0.3, -0.25) is 0 Å². The van der Waals surface area contributed by atoms with Crippen molar-refractivity contribution in [2.24, 2.45) is 0 Å². The van der Waals surface area contributed by atoms with Gasteiger partial charge in [-0.15, -0.1) is 0 Å². The molecule has 0 saturated carbocycles. The van der Waals surface area contributed by atoms with Gasteiger partial charge in [0.25, 0.3) is 0 Å². The Balaban J connectivity index is 2.52. The Morgan fingerprint density at radius 1 is 1.38 bits per heavy atom. The summed E-state index contributed by atoms with van der Waals surface area (Å²) in [6, 6.07) is 8.42. The van der Waals surface area contributed by atoms with E-state index in [0.29, 0.717) is 15.3 Å². The van der Waals surface area contributed by atoms with Gasteiger partial charge in [0.1, 0.15) is 5.76 Å². The van der Waals surface area contributed by atoms with Crippen molar-refractivity contribution < 1.29 is 14.3 Å². The van der Waals surface area contributed by atoms with Crippen molar-refractivity contribution in [1.29, 1.82) is 0 Å². The normalized spacial score (nSPS) is 10.4. The highest BCUT2D eigenvalue weighted by molar-refractivity contribution is 9.10. The highest BCUT2D eigenvalue weighted by Gasteiger charge is 2.15. The molecule has 0 saturated heterocycles. The largest absolute Gasteiger partial charge is 0.475 e. The first-order valence-corrected chi connectivity index (χ1v) is 5.53. The van der Waals surface area contributed by atoms with E-state index in [2.05, 4.69) is 15.9 Å². The SMILES string of the molecule is O=C(O)c1cc(Br)c(-c2cccc(Cl)c2)o1. The average Bonchev–Trinajstić information content (AvgIpc) is 2.60. The lowest BCUT2D eigenvalue weighted by Crippen LogP contribution is -1.91. The molecule has 16 heavy (non-hydrogen) atoms. The number of carboxylic acid groups (broad SMARTS) is 1. The van der Waals surface area contributed by atoms with Gasteiger partial charge in [0, 0.05) is 16.7 Å². The van der Waals surface area contributed by atoms with Crippen molar-refractivity contribution in [2.75, 3.05) is 0 Å². The number of hydrogen-bond donors (Lipinski definition) is 1. The van der Waals surface area contributed by atoms with Crippen molar-refractivity contribution in [1.82, 2.24) is 0 Å². The van der Waals surface area contributed by atoms with Crippen LogP contribution in [0.5, 0.6) is 0 Å². The summed E-state index contributed by atoms with van der Waals surface area (Å²) < 4.78 is 5.80. The minimum absolute atomic E-state index is 0.109. The van der Waals surface area contributed by atoms with Crippen molar-refractivity contribution in [3.63, 3.8) is 0 Å². The summed E-state index contributed by atoms with van der Waals surface area (Å²) in [5.74, 6) is -0.754. The van der Waals surface area contributed by atoms with Gasteiger partial charge in [0.15, 0.2) is 0 Å². The summed E-state index contributed by atoms with van der Waals surface area (Å²) in [7, 11) is 0. The molecule has 0 aliphatic carbocycles. The average molecular weight is 302 g/mol. The maximum atomic E-state index is 10.7. The molecule has 2 rings (SSSR count). The zero-order valence-corrected chi connectivity index (χ0v) is 10.2. The van der Waals surface area contributed by atoms with Crippen LogP contribution in [-0.4, -0.2) is 11.1 Å². The second-order valence-corrected chi connectivity index (χ2v) is 4.39. The predicted octanol–water partition coefficient (Wildman–Crippen LogP) is 4.06. The Kier molecular flexibility index (Phi) is 3.03. The lowest BCUT2D eigenvalue weighted by Gasteiger charge is -1.98. The second-order valence-electron chi connectivity index (χ2n) is 3.10. The summed E-state index contributed by atoms with van der Waals surface area (Å²) in [5.41, 5.74) is 0.729. The predicted molar refractivity (Wildman–Crippen MR) is 63.8 cm³/mol. The van der Waals surface area contributed by atoms with E-state index >= 15 is 0 Å². The van der Waals surface area contributed by atoms with Gasteiger partial charge in [-0.1, -0.05) is 23.7 Å². The third-order valence-corrected chi connectivity index (χ3v) is 2.81. The smallest absolute Gasteiger partial charge is 0.371 e. The van der Waals surface area contributed by atoms with Crippen molar-refractivity contribution in [3.8, 4) is 11.3 Å². The van der Waals surface area contributed by atoms with Crippen molar-refractivity contribution in [3.05, 3.63) is 45.6 Å². The molecule has 0 fully saturated rings. The van der Waals surface area contributed by atoms with Crippen LogP contribution in [0.2, 0.25) is 5.02 Å². The Hall–Kier alpha value is -1.26. The monoisotopic (exact) mass is 300 g/mol. The minimum atomic E-state index is -1.10. The zero-order valence-electron chi connectivity index (χ0n) is 7.91. The Morgan fingerprint density at radius 3 is 2.69 bits per heavy atom. The fourth-order valence-corrected chi connectivity index (χ4v) is 2.01. The van der Waals surface area contributed by atoms with Gasteiger partial charge in [0.05, 0.1) is 4.47 Å². The molecule has 5 heteroatoms. The summed E-state index contributed by atoms with van der Waals surface area (Å²) in [6.45, 7) is 0. The first-order chi connectivity index (χ1) is 7.58. The molecule has 1 aromatic carbocycles. The van der Waals surface area contributed by atoms with Gasteiger partial charge >= 0.3 is 5.97 Å². The minimum Gasteiger partial charge on any atom is -0.475 e. The summed E-state index contributed by atoms with van der Waals surface area (Å²) in [6.07, 6.45) is 0. The van der Waals surface area contributed by atoms with Crippen LogP contribution in [-0.2, 0) is 0 Å². The molecule has 3 nitrogen and oxygen atoms in total. The number of aromatic carboxylic acids is 1. The number of halogens is 2. The first-order valence-electron chi connectivity index (χ1n) is 4.36. The van der Waals surface area contributed by atoms with Crippen molar-refractivity contribution in [2.45, 2.75) is 0 Å². The van der Waals surface area contributed by atoms with E-state index in [1.807, 2.05) is 0 Å². The van der Waals surface area contributed by atoms with Crippen LogP contribution < -0.4 is 0 Å². The van der Waals surface area contributed by atoms with Crippen LogP contribution >= 0.6 is 27.5 Å². The summed E-state index contributed by atoms with van der Waals surface area (Å²) in [4.78, 5) is 10.7.